The van der Waals surface area contributed by atoms with Gasteiger partial charge in [0.05, 0.1) is 39.7 Å². The number of para-hydroxylation sites is 2. The number of halogens is 3. The van der Waals surface area contributed by atoms with Crippen molar-refractivity contribution >= 4 is 39.2 Å². The van der Waals surface area contributed by atoms with E-state index >= 15 is 0 Å². The van der Waals surface area contributed by atoms with Crippen LogP contribution in [0.1, 0.15) is 43.4 Å². The molecule has 0 saturated heterocycles. The predicted octanol–water partition coefficient (Wildman–Crippen LogP) is 11.9. The SMILES string of the molecule is CCN(c1ccccc1)c1ccc([C+](c2ccc(N(CC)c3ccccc3)cc2)c2ccc(NCCCC(F)(F)F)c3ccccc23)cc1. The molecule has 0 aliphatic carbocycles. The van der Waals surface area contributed by atoms with Crippen LogP contribution in [0, 0.1) is 5.92 Å². The summed E-state index contributed by atoms with van der Waals surface area (Å²) in [4.78, 5) is 4.58. The quantitative estimate of drug-likeness (QED) is 0.0758. The fourth-order valence-corrected chi connectivity index (χ4v) is 6.52. The van der Waals surface area contributed by atoms with Crippen molar-refractivity contribution in [1.29, 1.82) is 0 Å². The molecule has 0 aliphatic rings. The molecular formula is C43H41F3N3+. The molecule has 0 atom stereocenters. The molecule has 0 radical (unpaired) electrons. The fraction of sp³-hybridized carbons (Fsp3) is 0.186. The van der Waals surface area contributed by atoms with E-state index in [1.54, 1.807) is 0 Å². The van der Waals surface area contributed by atoms with E-state index in [-0.39, 0.29) is 13.0 Å². The van der Waals surface area contributed by atoms with Crippen molar-refractivity contribution in [1.82, 2.24) is 0 Å². The van der Waals surface area contributed by atoms with E-state index in [2.05, 4.69) is 138 Å². The molecule has 6 aromatic carbocycles. The Bertz CT molecular complexity index is 1830. The van der Waals surface area contributed by atoms with Gasteiger partial charge in [-0.15, -0.1) is 0 Å². The summed E-state index contributed by atoms with van der Waals surface area (Å²) < 4.78 is 38.4. The second-order valence-electron chi connectivity index (χ2n) is 12.0. The van der Waals surface area contributed by atoms with Crippen LogP contribution < -0.4 is 15.1 Å². The summed E-state index contributed by atoms with van der Waals surface area (Å²) in [6.07, 6.45) is -4.95. The average molecular weight is 657 g/mol. The molecule has 0 saturated carbocycles. The van der Waals surface area contributed by atoms with Crippen LogP contribution in [0.5, 0.6) is 0 Å². The Labute approximate surface area is 287 Å². The van der Waals surface area contributed by atoms with Crippen LogP contribution in [0.3, 0.4) is 0 Å². The highest BCUT2D eigenvalue weighted by atomic mass is 19.4. The minimum absolute atomic E-state index is 0.0190. The first-order valence-corrected chi connectivity index (χ1v) is 16.9. The second-order valence-corrected chi connectivity index (χ2v) is 12.0. The molecular weight excluding hydrogens is 615 g/mol. The van der Waals surface area contributed by atoms with Crippen molar-refractivity contribution in [2.45, 2.75) is 32.9 Å². The molecule has 0 aromatic heterocycles. The second kappa shape index (κ2) is 15.2. The van der Waals surface area contributed by atoms with Crippen molar-refractivity contribution in [3.8, 4) is 0 Å². The van der Waals surface area contributed by atoms with Crippen LogP contribution >= 0.6 is 0 Å². The van der Waals surface area contributed by atoms with Gasteiger partial charge in [0.2, 0.25) is 0 Å². The van der Waals surface area contributed by atoms with Gasteiger partial charge in [-0.05, 0) is 117 Å². The zero-order valence-electron chi connectivity index (χ0n) is 27.9. The third-order valence-corrected chi connectivity index (χ3v) is 8.85. The molecule has 248 valence electrons. The Morgan fingerprint density at radius 2 is 0.980 bits per heavy atom. The van der Waals surface area contributed by atoms with Crippen LogP contribution in [0.2, 0.25) is 0 Å². The van der Waals surface area contributed by atoms with Gasteiger partial charge in [0.15, 0.2) is 0 Å². The summed E-state index contributed by atoms with van der Waals surface area (Å²) in [5, 5.41) is 5.27. The van der Waals surface area contributed by atoms with Crippen LogP contribution in [-0.2, 0) is 0 Å². The van der Waals surface area contributed by atoms with Crippen molar-refractivity contribution in [2.24, 2.45) is 0 Å². The summed E-state index contributed by atoms with van der Waals surface area (Å²) in [5.74, 6) is 1.09. The minimum Gasteiger partial charge on any atom is -0.384 e. The van der Waals surface area contributed by atoms with E-state index in [4.69, 9.17) is 0 Å². The summed E-state index contributed by atoms with van der Waals surface area (Å²) in [7, 11) is 0. The fourth-order valence-electron chi connectivity index (χ4n) is 6.52. The number of nitrogens with zero attached hydrogens (tertiary/aromatic N) is 2. The third kappa shape index (κ3) is 7.86. The van der Waals surface area contributed by atoms with Crippen LogP contribution in [0.15, 0.2) is 146 Å². The zero-order valence-corrected chi connectivity index (χ0v) is 27.9. The monoisotopic (exact) mass is 656 g/mol. The largest absolute Gasteiger partial charge is 0.389 e. The van der Waals surface area contributed by atoms with E-state index in [0.29, 0.717) is 0 Å². The van der Waals surface area contributed by atoms with Crippen LogP contribution in [0.25, 0.3) is 10.8 Å². The maximum atomic E-state index is 12.8. The smallest absolute Gasteiger partial charge is 0.384 e. The summed E-state index contributed by atoms with van der Waals surface area (Å²) in [6.45, 7) is 6.21. The molecule has 0 unspecified atom stereocenters. The van der Waals surface area contributed by atoms with Crippen LogP contribution in [0.4, 0.5) is 41.6 Å². The van der Waals surface area contributed by atoms with Gasteiger partial charge in [-0.25, -0.2) is 0 Å². The number of fused-ring (bicyclic) bond motifs is 1. The lowest BCUT2D eigenvalue weighted by molar-refractivity contribution is -0.134. The predicted molar refractivity (Wildman–Crippen MR) is 199 cm³/mol. The lowest BCUT2D eigenvalue weighted by Crippen LogP contribution is -2.16. The number of alkyl halides is 3. The van der Waals surface area contributed by atoms with Gasteiger partial charge in [-0.3, -0.25) is 0 Å². The van der Waals surface area contributed by atoms with Gasteiger partial charge in [0, 0.05) is 48.2 Å². The first-order valence-electron chi connectivity index (χ1n) is 16.9. The van der Waals surface area contributed by atoms with Crippen molar-refractivity contribution in [3.63, 3.8) is 0 Å². The highest BCUT2D eigenvalue weighted by molar-refractivity contribution is 5.98. The van der Waals surface area contributed by atoms with Gasteiger partial charge in [-0.2, -0.15) is 13.2 Å². The molecule has 0 spiro atoms. The number of nitrogens with one attached hydrogen (secondary N) is 1. The van der Waals surface area contributed by atoms with Crippen molar-refractivity contribution < 1.29 is 13.2 Å². The normalized spacial score (nSPS) is 11.4. The molecule has 3 nitrogen and oxygen atoms in total. The van der Waals surface area contributed by atoms with Crippen LogP contribution in [-0.4, -0.2) is 25.8 Å². The first kappa shape index (κ1) is 33.5. The van der Waals surface area contributed by atoms with Crippen molar-refractivity contribution in [3.05, 3.63) is 168 Å². The minimum atomic E-state index is -4.16. The van der Waals surface area contributed by atoms with Gasteiger partial charge >= 0.3 is 6.18 Å². The molecule has 0 amide bonds. The molecule has 6 heteroatoms. The molecule has 0 heterocycles. The maximum absolute atomic E-state index is 12.8. The molecule has 6 aromatic rings. The molecule has 0 fully saturated rings. The van der Waals surface area contributed by atoms with E-state index in [1.807, 2.05) is 36.4 Å². The molecule has 1 N–H and O–H groups in total. The van der Waals surface area contributed by atoms with Gasteiger partial charge in [-0.1, -0.05) is 48.5 Å². The highest BCUT2D eigenvalue weighted by Crippen LogP contribution is 2.40. The molecule has 0 bridgehead atoms. The van der Waals surface area contributed by atoms with Gasteiger partial charge in [0.1, 0.15) is 0 Å². The summed E-state index contributed by atoms with van der Waals surface area (Å²) in [5.41, 5.74) is 8.53. The number of rotatable bonds is 13. The third-order valence-electron chi connectivity index (χ3n) is 8.85. The van der Waals surface area contributed by atoms with Gasteiger partial charge in [0.25, 0.3) is 0 Å². The number of benzene rings is 6. The zero-order chi connectivity index (χ0) is 34.2. The van der Waals surface area contributed by atoms with E-state index in [0.717, 1.165) is 74.9 Å². The van der Waals surface area contributed by atoms with Gasteiger partial charge < -0.3 is 15.1 Å². The maximum Gasteiger partial charge on any atom is 0.389 e. The molecule has 6 rings (SSSR count). The highest BCUT2D eigenvalue weighted by Gasteiger charge is 2.28. The number of hydrogen-bond donors (Lipinski definition) is 1. The Hall–Kier alpha value is -5.36. The Balaban J connectivity index is 1.40. The van der Waals surface area contributed by atoms with E-state index in [1.165, 1.54) is 0 Å². The Morgan fingerprint density at radius 1 is 0.531 bits per heavy atom. The first-order chi connectivity index (χ1) is 23.9. The number of anilines is 5. The Kier molecular flexibility index (Phi) is 10.4. The molecule has 0 aliphatic heterocycles. The van der Waals surface area contributed by atoms with E-state index in [9.17, 15) is 13.2 Å². The molecule has 49 heavy (non-hydrogen) atoms. The average Bonchev–Trinajstić information content (AvgIpc) is 3.13. The van der Waals surface area contributed by atoms with E-state index < -0.39 is 12.6 Å². The summed E-state index contributed by atoms with van der Waals surface area (Å²) >= 11 is 0. The lowest BCUT2D eigenvalue weighted by Gasteiger charge is -2.24. The standard InChI is InChI=1S/C43H41F3N3/c1-3-48(34-14-7-5-8-15-34)36-24-20-32(21-25-36)42(33-22-26-37(27-23-33)49(4-2)35-16-9-6-10-17-35)40-28-29-41(39-19-12-11-18-38(39)40)47-31-13-30-43(44,45)46/h5-12,14-29,47H,3-4,13,30-31H2,1-2H3/q+1. The summed E-state index contributed by atoms with van der Waals surface area (Å²) in [6, 6.07) is 50.4. The van der Waals surface area contributed by atoms with Crippen molar-refractivity contribution in [2.75, 3.05) is 34.8 Å². The Morgan fingerprint density at radius 3 is 1.45 bits per heavy atom. The lowest BCUT2D eigenvalue weighted by atomic mass is 9.82. The topological polar surface area (TPSA) is 18.5 Å². The number of hydrogen-bond acceptors (Lipinski definition) is 3.